The third-order valence-corrected chi connectivity index (χ3v) is 1.89. The van der Waals surface area contributed by atoms with E-state index in [1.54, 1.807) is 19.4 Å². The molecule has 14 heavy (non-hydrogen) atoms. The number of carbonyl (C=O) groups excluding carboxylic acids is 1. The van der Waals surface area contributed by atoms with Gasteiger partial charge in [-0.25, -0.2) is 4.98 Å². The van der Waals surface area contributed by atoms with E-state index >= 15 is 0 Å². The lowest BCUT2D eigenvalue weighted by Gasteiger charge is -2.05. The Labute approximate surface area is 87.2 Å². The highest BCUT2D eigenvalue weighted by molar-refractivity contribution is 6.31. The molecule has 0 aliphatic carbocycles. The molecule has 0 atom stereocenters. The quantitative estimate of drug-likeness (QED) is 0.836. The molecule has 0 saturated heterocycles. The van der Waals surface area contributed by atoms with Crippen molar-refractivity contribution >= 4 is 23.3 Å². The Bertz CT molecular complexity index is 342. The highest BCUT2D eigenvalue weighted by atomic mass is 35.5. The molecule has 1 N–H and O–H groups in total. The maximum atomic E-state index is 10.7. The van der Waals surface area contributed by atoms with E-state index in [0.29, 0.717) is 17.4 Å². The van der Waals surface area contributed by atoms with Crippen molar-refractivity contribution < 1.29 is 9.53 Å². The van der Waals surface area contributed by atoms with E-state index in [2.05, 4.69) is 10.3 Å². The van der Waals surface area contributed by atoms with Crippen LogP contribution in [0.1, 0.15) is 12.5 Å². The second-order valence-electron chi connectivity index (χ2n) is 2.78. The number of halogens is 1. The van der Waals surface area contributed by atoms with Crippen LogP contribution in [0.25, 0.3) is 0 Å². The van der Waals surface area contributed by atoms with Gasteiger partial charge < -0.3 is 10.1 Å². The maximum Gasteiger partial charge on any atom is 0.222 e. The second kappa shape index (κ2) is 4.93. The number of pyridine rings is 1. The molecule has 1 rings (SSSR count). The summed E-state index contributed by atoms with van der Waals surface area (Å²) in [6.45, 7) is 1.82. The molecule has 0 saturated carbocycles. The van der Waals surface area contributed by atoms with Crippen LogP contribution in [-0.4, -0.2) is 18.0 Å². The molecule has 1 aromatic heterocycles. The molecule has 0 radical (unpaired) electrons. The number of hydrogen-bond donors (Lipinski definition) is 1. The average Bonchev–Trinajstić information content (AvgIpc) is 2.09. The molecule has 0 bridgehead atoms. The Hall–Kier alpha value is -1.13. The maximum absolute atomic E-state index is 10.7. The first-order chi connectivity index (χ1) is 6.63. The molecular weight excluding hydrogens is 204 g/mol. The van der Waals surface area contributed by atoms with Crippen molar-refractivity contribution in [3.63, 3.8) is 0 Å². The minimum atomic E-state index is -0.173. The van der Waals surface area contributed by atoms with Crippen LogP contribution < -0.4 is 5.32 Å². The van der Waals surface area contributed by atoms with Crippen LogP contribution in [0.15, 0.2) is 12.3 Å². The largest absolute Gasteiger partial charge is 0.380 e. The number of nitrogens with zero attached hydrogens (tertiary/aromatic N) is 1. The molecule has 5 heteroatoms. The third-order valence-electron chi connectivity index (χ3n) is 1.53. The summed E-state index contributed by atoms with van der Waals surface area (Å²) in [5.74, 6) is 0.274. The summed E-state index contributed by atoms with van der Waals surface area (Å²) in [5.41, 5.74) is 0.795. The Morgan fingerprint density at radius 2 is 2.43 bits per heavy atom. The lowest BCUT2D eigenvalue weighted by Crippen LogP contribution is -2.07. The zero-order chi connectivity index (χ0) is 10.6. The minimum absolute atomic E-state index is 0.173. The molecule has 76 valence electrons. The molecule has 4 nitrogen and oxygen atoms in total. The van der Waals surface area contributed by atoms with Crippen LogP contribution in [0, 0.1) is 0 Å². The van der Waals surface area contributed by atoms with Crippen molar-refractivity contribution in [2.24, 2.45) is 0 Å². The van der Waals surface area contributed by atoms with Crippen molar-refractivity contribution in [2.75, 3.05) is 12.4 Å². The summed E-state index contributed by atoms with van der Waals surface area (Å²) in [6, 6.07) is 1.59. The number of amides is 1. The average molecular weight is 215 g/mol. The standard InChI is InChI=1S/C9H11ClN2O2/c1-6(13)12-9-3-8(10)7(4-11-9)5-14-2/h3-4H,5H2,1-2H3,(H,11,12,13). The third kappa shape index (κ3) is 2.97. The molecule has 0 fully saturated rings. The van der Waals surface area contributed by atoms with Crippen molar-refractivity contribution in [1.82, 2.24) is 4.98 Å². The van der Waals surface area contributed by atoms with Crippen molar-refractivity contribution in [3.05, 3.63) is 22.8 Å². The SMILES string of the molecule is COCc1cnc(NC(C)=O)cc1Cl. The van der Waals surface area contributed by atoms with Crippen molar-refractivity contribution in [2.45, 2.75) is 13.5 Å². The molecule has 0 unspecified atom stereocenters. The Kier molecular flexibility index (Phi) is 3.85. The molecule has 1 aromatic rings. The van der Waals surface area contributed by atoms with Gasteiger partial charge in [-0.1, -0.05) is 11.6 Å². The molecule has 1 heterocycles. The summed E-state index contributed by atoms with van der Waals surface area (Å²) in [7, 11) is 1.58. The van der Waals surface area contributed by atoms with Gasteiger partial charge in [-0.05, 0) is 6.07 Å². The highest BCUT2D eigenvalue weighted by Gasteiger charge is 2.03. The van der Waals surface area contributed by atoms with Gasteiger partial charge >= 0.3 is 0 Å². The predicted molar refractivity (Wildman–Crippen MR) is 54.3 cm³/mol. The zero-order valence-corrected chi connectivity index (χ0v) is 8.76. The highest BCUT2D eigenvalue weighted by Crippen LogP contribution is 2.18. The zero-order valence-electron chi connectivity index (χ0n) is 8.00. The summed E-state index contributed by atoms with van der Waals surface area (Å²) >= 11 is 5.92. The first-order valence-electron chi connectivity index (χ1n) is 4.04. The van der Waals surface area contributed by atoms with Gasteiger partial charge in [0.1, 0.15) is 5.82 Å². The topological polar surface area (TPSA) is 51.2 Å². The van der Waals surface area contributed by atoms with Gasteiger partial charge in [0.2, 0.25) is 5.91 Å². The van der Waals surface area contributed by atoms with Crippen LogP contribution >= 0.6 is 11.6 Å². The van der Waals surface area contributed by atoms with Gasteiger partial charge in [0, 0.05) is 25.8 Å². The number of ether oxygens (including phenoxy) is 1. The summed E-state index contributed by atoms with van der Waals surface area (Å²) in [6.07, 6.45) is 1.58. The first-order valence-corrected chi connectivity index (χ1v) is 4.42. The Morgan fingerprint density at radius 3 is 2.93 bits per heavy atom. The molecule has 0 aliphatic heterocycles. The Balaban J connectivity index is 2.83. The number of methoxy groups -OCH3 is 1. The summed E-state index contributed by atoms with van der Waals surface area (Å²) < 4.78 is 4.92. The summed E-state index contributed by atoms with van der Waals surface area (Å²) in [4.78, 5) is 14.7. The monoisotopic (exact) mass is 214 g/mol. The normalized spacial score (nSPS) is 9.93. The number of anilines is 1. The van der Waals surface area contributed by atoms with E-state index in [4.69, 9.17) is 16.3 Å². The lowest BCUT2D eigenvalue weighted by atomic mass is 10.3. The van der Waals surface area contributed by atoms with E-state index in [1.807, 2.05) is 0 Å². The molecular formula is C9H11ClN2O2. The van der Waals surface area contributed by atoms with Crippen molar-refractivity contribution in [1.29, 1.82) is 0 Å². The van der Waals surface area contributed by atoms with Crippen LogP contribution in [0.5, 0.6) is 0 Å². The summed E-state index contributed by atoms with van der Waals surface area (Å²) in [5, 5.41) is 3.07. The van der Waals surface area contributed by atoms with E-state index in [9.17, 15) is 4.79 Å². The first kappa shape index (κ1) is 10.9. The van der Waals surface area contributed by atoms with Gasteiger partial charge in [-0.15, -0.1) is 0 Å². The van der Waals surface area contributed by atoms with E-state index in [-0.39, 0.29) is 5.91 Å². The number of rotatable bonds is 3. The number of aromatic nitrogens is 1. The predicted octanol–water partition coefficient (Wildman–Crippen LogP) is 1.84. The fourth-order valence-corrected chi connectivity index (χ4v) is 1.18. The molecule has 0 aromatic carbocycles. The number of nitrogens with one attached hydrogen (secondary N) is 1. The van der Waals surface area contributed by atoms with Gasteiger partial charge in [0.05, 0.1) is 11.6 Å². The van der Waals surface area contributed by atoms with Gasteiger partial charge in [0.25, 0.3) is 0 Å². The van der Waals surface area contributed by atoms with Crippen molar-refractivity contribution in [3.8, 4) is 0 Å². The fourth-order valence-electron chi connectivity index (χ4n) is 0.970. The second-order valence-corrected chi connectivity index (χ2v) is 3.18. The number of carbonyl (C=O) groups is 1. The lowest BCUT2D eigenvalue weighted by molar-refractivity contribution is -0.114. The van der Waals surface area contributed by atoms with Gasteiger partial charge in [-0.3, -0.25) is 4.79 Å². The molecule has 1 amide bonds. The van der Waals surface area contributed by atoms with Crippen LogP contribution in [0.2, 0.25) is 5.02 Å². The smallest absolute Gasteiger partial charge is 0.222 e. The van der Waals surface area contributed by atoms with E-state index < -0.39 is 0 Å². The van der Waals surface area contributed by atoms with Crippen LogP contribution in [0.4, 0.5) is 5.82 Å². The van der Waals surface area contributed by atoms with E-state index in [1.165, 1.54) is 6.92 Å². The molecule has 0 spiro atoms. The fraction of sp³-hybridized carbons (Fsp3) is 0.333. The molecule has 0 aliphatic rings. The van der Waals surface area contributed by atoms with Crippen LogP contribution in [-0.2, 0) is 16.1 Å². The van der Waals surface area contributed by atoms with Gasteiger partial charge in [-0.2, -0.15) is 0 Å². The Morgan fingerprint density at radius 1 is 1.71 bits per heavy atom. The minimum Gasteiger partial charge on any atom is -0.380 e. The van der Waals surface area contributed by atoms with E-state index in [0.717, 1.165) is 5.56 Å². The van der Waals surface area contributed by atoms with Gasteiger partial charge in [0.15, 0.2) is 0 Å². The van der Waals surface area contributed by atoms with Crippen LogP contribution in [0.3, 0.4) is 0 Å². The number of hydrogen-bond acceptors (Lipinski definition) is 3.